The van der Waals surface area contributed by atoms with Gasteiger partial charge in [-0.25, -0.2) is 9.13 Å². The minimum atomic E-state index is 0. The molecule has 0 saturated heterocycles. The molecule has 0 aliphatic carbocycles. The van der Waals surface area contributed by atoms with Crippen LogP contribution in [0.25, 0.3) is 0 Å². The van der Waals surface area contributed by atoms with Crippen LogP contribution in [0, 0.1) is 18.6 Å². The van der Waals surface area contributed by atoms with Crippen LogP contribution in [0.1, 0.15) is 25.2 Å². The van der Waals surface area contributed by atoms with Crippen molar-refractivity contribution in [3.05, 3.63) is 22.2 Å². The third-order valence-corrected chi connectivity index (χ3v) is 2.80. The zero-order chi connectivity index (χ0) is 10.0. The van der Waals surface area contributed by atoms with Gasteiger partial charge in [0.15, 0.2) is 0 Å². The molecule has 0 unspecified atom stereocenters. The Hall–Kier alpha value is -0.410. The predicted molar refractivity (Wildman–Crippen MR) is 56.3 cm³/mol. The first-order valence-electron chi connectivity index (χ1n) is 4.72. The number of halogens is 1. The van der Waals surface area contributed by atoms with E-state index < -0.39 is 0 Å². The molecule has 0 spiro atoms. The first kappa shape index (κ1) is 13.6. The summed E-state index contributed by atoms with van der Waals surface area (Å²) in [7, 11) is 0. The first-order valence-corrected chi connectivity index (χ1v) is 5.13. The monoisotopic (exact) mass is 232 g/mol. The van der Waals surface area contributed by atoms with Crippen molar-refractivity contribution in [3.63, 3.8) is 0 Å². The third-order valence-electron chi connectivity index (χ3n) is 2.36. The predicted octanol–water partition coefficient (Wildman–Crippen LogP) is -0.834. The van der Waals surface area contributed by atoms with E-state index in [1.807, 2.05) is 0 Å². The lowest BCUT2D eigenvalue weighted by atomic mass is 10.3. The van der Waals surface area contributed by atoms with Crippen LogP contribution in [0.5, 0.6) is 0 Å². The summed E-state index contributed by atoms with van der Waals surface area (Å²) in [5.74, 6) is 0. The summed E-state index contributed by atoms with van der Waals surface area (Å²) in [6.07, 6.45) is 0. The van der Waals surface area contributed by atoms with Crippen LogP contribution >= 0.6 is 12.2 Å². The molecule has 0 amide bonds. The molecular weight excluding hydrogens is 216 g/mol. The molecule has 0 radical (unpaired) electrons. The second-order valence-corrected chi connectivity index (χ2v) is 3.56. The van der Waals surface area contributed by atoms with Gasteiger partial charge in [-0.2, -0.15) is 0 Å². The molecule has 1 aromatic rings. The Labute approximate surface area is 97.0 Å². The molecular formula is C10H17ClN2S. The Morgan fingerprint density at radius 1 is 1.36 bits per heavy atom. The molecule has 4 heteroatoms. The largest absolute Gasteiger partial charge is 1.00 e. The number of nitrogens with zero attached hydrogens (tertiary/aromatic N) is 2. The van der Waals surface area contributed by atoms with Crippen LogP contribution in [0.15, 0.2) is 6.07 Å². The van der Waals surface area contributed by atoms with E-state index in [2.05, 4.69) is 42.9 Å². The van der Waals surface area contributed by atoms with Crippen molar-refractivity contribution in [2.45, 2.75) is 40.8 Å². The highest BCUT2D eigenvalue weighted by molar-refractivity contribution is 7.71. The standard InChI is InChI=1S/C10H17N2S.ClH/c1-5-11-8(3)7-9(4)12(6-2)10(11)13;/h7H,5-6H2,1-4H3;1H/q+1;/p-1. The van der Waals surface area contributed by atoms with Crippen molar-refractivity contribution in [3.8, 4) is 0 Å². The van der Waals surface area contributed by atoms with E-state index >= 15 is 0 Å². The molecule has 0 saturated carbocycles. The lowest BCUT2D eigenvalue weighted by molar-refractivity contribution is -0.710. The maximum Gasteiger partial charge on any atom is 0.351 e. The maximum atomic E-state index is 5.39. The van der Waals surface area contributed by atoms with E-state index in [4.69, 9.17) is 12.2 Å². The molecule has 80 valence electrons. The third kappa shape index (κ3) is 2.34. The van der Waals surface area contributed by atoms with E-state index in [1.54, 1.807) is 0 Å². The van der Waals surface area contributed by atoms with E-state index in [0.717, 1.165) is 17.9 Å². The van der Waals surface area contributed by atoms with Gasteiger partial charge in [-0.1, -0.05) is 0 Å². The second kappa shape index (κ2) is 5.47. The van der Waals surface area contributed by atoms with Gasteiger partial charge in [-0.05, 0) is 27.7 Å². The number of hydrogen-bond acceptors (Lipinski definition) is 1. The number of aromatic nitrogens is 2. The fourth-order valence-electron chi connectivity index (χ4n) is 1.67. The highest BCUT2D eigenvalue weighted by Crippen LogP contribution is 2.00. The van der Waals surface area contributed by atoms with Crippen molar-refractivity contribution < 1.29 is 17.0 Å². The van der Waals surface area contributed by atoms with E-state index in [9.17, 15) is 0 Å². The van der Waals surface area contributed by atoms with Gasteiger partial charge in [0.05, 0.1) is 13.1 Å². The summed E-state index contributed by atoms with van der Waals surface area (Å²) in [6.45, 7) is 10.4. The quantitative estimate of drug-likeness (QED) is 0.478. The summed E-state index contributed by atoms with van der Waals surface area (Å²) in [5, 5.41) is 0. The molecule has 0 aromatic carbocycles. The second-order valence-electron chi connectivity index (χ2n) is 3.20. The highest BCUT2D eigenvalue weighted by atomic mass is 35.5. The van der Waals surface area contributed by atoms with E-state index in [0.29, 0.717) is 0 Å². The number of aryl methyl sites for hydroxylation is 2. The Balaban J connectivity index is 0.00000169. The summed E-state index contributed by atoms with van der Waals surface area (Å²) >= 11 is 5.39. The zero-order valence-electron chi connectivity index (χ0n) is 9.17. The average Bonchev–Trinajstić information content (AvgIpc) is 2.04. The molecule has 0 N–H and O–H groups in total. The van der Waals surface area contributed by atoms with Crippen molar-refractivity contribution in [1.29, 1.82) is 0 Å². The average molecular weight is 233 g/mol. The minimum Gasteiger partial charge on any atom is -1.00 e. The van der Waals surface area contributed by atoms with Crippen LogP contribution in [-0.2, 0) is 13.1 Å². The Morgan fingerprint density at radius 3 is 2.36 bits per heavy atom. The Bertz CT molecular complexity index is 340. The number of rotatable bonds is 2. The van der Waals surface area contributed by atoms with Gasteiger partial charge in [0, 0.05) is 18.3 Å². The van der Waals surface area contributed by atoms with Gasteiger partial charge in [0.25, 0.3) is 0 Å². The Kier molecular flexibility index (Phi) is 5.31. The molecule has 0 atom stereocenters. The molecule has 1 rings (SSSR count). The van der Waals surface area contributed by atoms with Crippen LogP contribution in [0.2, 0.25) is 0 Å². The molecule has 2 nitrogen and oxygen atoms in total. The van der Waals surface area contributed by atoms with Gasteiger partial charge in [0.1, 0.15) is 11.4 Å². The van der Waals surface area contributed by atoms with Gasteiger partial charge in [0.2, 0.25) is 0 Å². The summed E-state index contributed by atoms with van der Waals surface area (Å²) in [4.78, 5) is 0. The van der Waals surface area contributed by atoms with E-state index in [-0.39, 0.29) is 12.4 Å². The van der Waals surface area contributed by atoms with Crippen LogP contribution < -0.4 is 17.0 Å². The topological polar surface area (TPSA) is 8.81 Å². The van der Waals surface area contributed by atoms with Crippen LogP contribution in [0.4, 0.5) is 0 Å². The molecule has 0 bridgehead atoms. The highest BCUT2D eigenvalue weighted by Gasteiger charge is 2.10. The first-order chi connectivity index (χ1) is 6.11. The van der Waals surface area contributed by atoms with Gasteiger partial charge in [-0.3, -0.25) is 0 Å². The zero-order valence-corrected chi connectivity index (χ0v) is 10.7. The minimum absolute atomic E-state index is 0. The fourth-order valence-corrected chi connectivity index (χ4v) is 2.22. The van der Waals surface area contributed by atoms with Gasteiger partial charge >= 0.3 is 4.77 Å². The molecule has 0 aliphatic heterocycles. The smallest absolute Gasteiger partial charge is 0.351 e. The lowest BCUT2D eigenvalue weighted by Crippen LogP contribution is -3.00. The number of hydrogen-bond donors (Lipinski definition) is 0. The summed E-state index contributed by atoms with van der Waals surface area (Å²) in [6, 6.07) is 2.18. The van der Waals surface area contributed by atoms with Crippen molar-refractivity contribution in [2.24, 2.45) is 0 Å². The summed E-state index contributed by atoms with van der Waals surface area (Å²) < 4.78 is 5.25. The molecule has 0 aliphatic rings. The van der Waals surface area contributed by atoms with Crippen molar-refractivity contribution in [2.75, 3.05) is 0 Å². The normalized spacial score (nSPS) is 9.71. The fraction of sp³-hybridized carbons (Fsp3) is 0.600. The van der Waals surface area contributed by atoms with Gasteiger partial charge in [-0.15, -0.1) is 0 Å². The molecule has 0 fully saturated rings. The van der Waals surface area contributed by atoms with Crippen LogP contribution in [0.3, 0.4) is 0 Å². The summed E-state index contributed by atoms with van der Waals surface area (Å²) in [5.41, 5.74) is 2.49. The molecule has 1 heterocycles. The van der Waals surface area contributed by atoms with Crippen LogP contribution in [-0.4, -0.2) is 4.57 Å². The Morgan fingerprint density at radius 2 is 1.93 bits per heavy atom. The molecule has 14 heavy (non-hydrogen) atoms. The maximum absolute atomic E-state index is 5.39. The van der Waals surface area contributed by atoms with Crippen molar-refractivity contribution in [1.82, 2.24) is 4.57 Å². The van der Waals surface area contributed by atoms with E-state index in [1.165, 1.54) is 11.4 Å². The lowest BCUT2D eigenvalue weighted by Gasteiger charge is -2.07. The molecule has 1 aromatic heterocycles. The SMILES string of the molecule is CCn1c(C)cc(C)[n+](CC)c1=S.[Cl-]. The van der Waals surface area contributed by atoms with Crippen molar-refractivity contribution >= 4 is 12.2 Å². The van der Waals surface area contributed by atoms with Gasteiger partial charge < -0.3 is 12.4 Å².